The molecule has 0 aromatic heterocycles. The summed E-state index contributed by atoms with van der Waals surface area (Å²) in [6.45, 7) is 9.25. The third-order valence-electron chi connectivity index (χ3n) is 4.83. The predicted octanol–water partition coefficient (Wildman–Crippen LogP) is 3.69. The maximum absolute atomic E-state index is 11.6. The van der Waals surface area contributed by atoms with Crippen molar-refractivity contribution >= 4 is 11.8 Å². The van der Waals surface area contributed by atoms with Crippen LogP contribution >= 0.6 is 0 Å². The van der Waals surface area contributed by atoms with Crippen LogP contribution in [0.2, 0.25) is 0 Å². The van der Waals surface area contributed by atoms with Gasteiger partial charge in [-0.3, -0.25) is 4.79 Å². The molecule has 136 valence electrons. The summed E-state index contributed by atoms with van der Waals surface area (Å²) in [5.41, 5.74) is 3.29. The number of carbonyl (C=O) groups is 2. The van der Waals surface area contributed by atoms with E-state index in [0.29, 0.717) is 12.2 Å². The molecule has 0 amide bonds. The molecular formula is C20H26O5. The number of carbonyl (C=O) groups excluding carboxylic acids is 1. The third kappa shape index (κ3) is 4.03. The lowest BCUT2D eigenvalue weighted by Gasteiger charge is -2.36. The Morgan fingerprint density at radius 3 is 2.52 bits per heavy atom. The lowest BCUT2D eigenvalue weighted by atomic mass is 9.86. The number of hydrogen-bond donors (Lipinski definition) is 1. The van der Waals surface area contributed by atoms with Crippen LogP contribution in [0.5, 0.6) is 11.5 Å². The van der Waals surface area contributed by atoms with Crippen LogP contribution in [-0.4, -0.2) is 29.1 Å². The second kappa shape index (κ2) is 7.30. The fourth-order valence-electron chi connectivity index (χ4n) is 3.11. The summed E-state index contributed by atoms with van der Waals surface area (Å²) in [5, 5.41) is 8.87. The molecule has 5 heteroatoms. The largest absolute Gasteiger partial charge is 0.483 e. The Morgan fingerprint density at radius 2 is 1.92 bits per heavy atom. The monoisotopic (exact) mass is 346 g/mol. The van der Waals surface area contributed by atoms with E-state index >= 15 is 0 Å². The molecule has 0 bridgehead atoms. The standard InChI is InChI=1S/C20H26O5/c1-6-15(21)7-9-20(5)10-8-16-14(4)18(24-11-17(22)23)12(2)13(3)19(16)25-20/h7,9H,6,8,10-11H2,1-5H3,(H,22,23)/b9-7+/t20-/m1/s1. The maximum Gasteiger partial charge on any atom is 0.341 e. The summed E-state index contributed by atoms with van der Waals surface area (Å²) in [6.07, 6.45) is 5.46. The van der Waals surface area contributed by atoms with E-state index in [-0.39, 0.29) is 12.4 Å². The average Bonchev–Trinajstić information content (AvgIpc) is 2.57. The first-order valence-electron chi connectivity index (χ1n) is 8.56. The number of ketones is 1. The first-order valence-corrected chi connectivity index (χ1v) is 8.56. The Labute approximate surface area is 148 Å². The molecule has 0 fully saturated rings. The first-order chi connectivity index (χ1) is 11.7. The van der Waals surface area contributed by atoms with Gasteiger partial charge in [0, 0.05) is 12.0 Å². The van der Waals surface area contributed by atoms with Crippen molar-refractivity contribution in [1.82, 2.24) is 0 Å². The highest BCUT2D eigenvalue weighted by atomic mass is 16.5. The number of benzene rings is 1. The minimum atomic E-state index is -0.997. The van der Waals surface area contributed by atoms with E-state index in [2.05, 4.69) is 0 Å². The number of carboxylic acid groups (broad SMARTS) is 1. The van der Waals surface area contributed by atoms with Gasteiger partial charge in [-0.25, -0.2) is 4.79 Å². The highest BCUT2D eigenvalue weighted by Crippen LogP contribution is 2.44. The lowest BCUT2D eigenvalue weighted by molar-refractivity contribution is -0.139. The fraction of sp³-hybridized carbons (Fsp3) is 0.500. The second-order valence-corrected chi connectivity index (χ2v) is 6.76. The number of allylic oxidation sites excluding steroid dienone is 1. The van der Waals surface area contributed by atoms with Crippen LogP contribution in [0.15, 0.2) is 12.2 Å². The summed E-state index contributed by atoms with van der Waals surface area (Å²) in [6, 6.07) is 0. The van der Waals surface area contributed by atoms with Crippen LogP contribution in [-0.2, 0) is 16.0 Å². The SMILES string of the molecule is CCC(=O)/C=C/[C@]1(C)CCc2c(C)c(OCC(=O)O)c(C)c(C)c2O1. The van der Waals surface area contributed by atoms with E-state index in [9.17, 15) is 9.59 Å². The van der Waals surface area contributed by atoms with E-state index in [4.69, 9.17) is 14.6 Å². The number of carboxylic acids is 1. The van der Waals surface area contributed by atoms with Crippen molar-refractivity contribution in [2.45, 2.75) is 59.5 Å². The van der Waals surface area contributed by atoms with Crippen molar-refractivity contribution < 1.29 is 24.2 Å². The Balaban J connectivity index is 2.39. The van der Waals surface area contributed by atoms with Gasteiger partial charge >= 0.3 is 5.97 Å². The van der Waals surface area contributed by atoms with Crippen molar-refractivity contribution in [2.75, 3.05) is 6.61 Å². The molecule has 0 spiro atoms. The molecule has 2 rings (SSSR count). The van der Waals surface area contributed by atoms with Crippen molar-refractivity contribution in [1.29, 1.82) is 0 Å². The molecule has 1 aliphatic rings. The van der Waals surface area contributed by atoms with Crippen LogP contribution < -0.4 is 9.47 Å². The first kappa shape index (κ1) is 19.0. The molecular weight excluding hydrogens is 320 g/mol. The van der Waals surface area contributed by atoms with Crippen molar-refractivity contribution in [2.24, 2.45) is 0 Å². The molecule has 1 aromatic rings. The quantitative estimate of drug-likeness (QED) is 0.795. The molecule has 1 atom stereocenters. The minimum Gasteiger partial charge on any atom is -0.483 e. The van der Waals surface area contributed by atoms with Gasteiger partial charge in [-0.1, -0.05) is 6.92 Å². The summed E-state index contributed by atoms with van der Waals surface area (Å²) >= 11 is 0. The Bertz CT molecular complexity index is 732. The van der Waals surface area contributed by atoms with E-state index in [1.807, 2.05) is 40.7 Å². The zero-order valence-corrected chi connectivity index (χ0v) is 15.6. The number of aliphatic carboxylic acids is 1. The second-order valence-electron chi connectivity index (χ2n) is 6.76. The number of rotatable bonds is 6. The van der Waals surface area contributed by atoms with Crippen LogP contribution in [0, 0.1) is 20.8 Å². The van der Waals surface area contributed by atoms with E-state index in [1.54, 1.807) is 6.08 Å². The highest BCUT2D eigenvalue weighted by Gasteiger charge is 2.33. The summed E-state index contributed by atoms with van der Waals surface area (Å²) < 4.78 is 11.8. The van der Waals surface area contributed by atoms with E-state index < -0.39 is 11.6 Å². The molecule has 1 aliphatic heterocycles. The number of hydrogen-bond acceptors (Lipinski definition) is 4. The van der Waals surface area contributed by atoms with Gasteiger partial charge in [-0.15, -0.1) is 0 Å². The van der Waals surface area contributed by atoms with E-state index in [1.165, 1.54) is 0 Å². The molecule has 0 unspecified atom stereocenters. The van der Waals surface area contributed by atoms with Crippen LogP contribution in [0.1, 0.15) is 48.9 Å². The number of fused-ring (bicyclic) bond motifs is 1. The highest BCUT2D eigenvalue weighted by molar-refractivity contribution is 5.89. The Hall–Kier alpha value is -2.30. The van der Waals surface area contributed by atoms with Gasteiger partial charge in [-0.05, 0) is 69.4 Å². The minimum absolute atomic E-state index is 0.0807. The van der Waals surface area contributed by atoms with Gasteiger partial charge in [0.25, 0.3) is 0 Å². The average molecular weight is 346 g/mol. The van der Waals surface area contributed by atoms with Gasteiger partial charge in [0.2, 0.25) is 0 Å². The lowest BCUT2D eigenvalue weighted by Crippen LogP contribution is -2.35. The van der Waals surface area contributed by atoms with Crippen LogP contribution in [0.4, 0.5) is 0 Å². The smallest absolute Gasteiger partial charge is 0.341 e. The molecule has 1 aromatic carbocycles. The molecule has 5 nitrogen and oxygen atoms in total. The van der Waals surface area contributed by atoms with Crippen molar-refractivity contribution in [3.8, 4) is 11.5 Å². The third-order valence-corrected chi connectivity index (χ3v) is 4.83. The summed E-state index contributed by atoms with van der Waals surface area (Å²) in [7, 11) is 0. The van der Waals surface area contributed by atoms with Crippen molar-refractivity contribution in [3.05, 3.63) is 34.4 Å². The molecule has 0 saturated carbocycles. The van der Waals surface area contributed by atoms with Gasteiger partial charge in [0.15, 0.2) is 12.4 Å². The Morgan fingerprint density at radius 1 is 1.24 bits per heavy atom. The zero-order chi connectivity index (χ0) is 18.8. The molecule has 0 aliphatic carbocycles. The summed E-state index contributed by atoms with van der Waals surface area (Å²) in [5.74, 6) is 0.531. The number of ether oxygens (including phenoxy) is 2. The predicted molar refractivity (Wildman–Crippen MR) is 95.6 cm³/mol. The van der Waals surface area contributed by atoms with Gasteiger partial charge in [-0.2, -0.15) is 0 Å². The normalized spacial score (nSPS) is 19.4. The van der Waals surface area contributed by atoms with E-state index in [0.717, 1.165) is 40.8 Å². The molecule has 1 heterocycles. The summed E-state index contributed by atoms with van der Waals surface area (Å²) in [4.78, 5) is 22.4. The molecule has 0 radical (unpaired) electrons. The van der Waals surface area contributed by atoms with Crippen LogP contribution in [0.3, 0.4) is 0 Å². The Kier molecular flexibility index (Phi) is 5.55. The van der Waals surface area contributed by atoms with Gasteiger partial charge in [0.05, 0.1) is 0 Å². The molecule has 1 N–H and O–H groups in total. The van der Waals surface area contributed by atoms with Crippen molar-refractivity contribution in [3.63, 3.8) is 0 Å². The van der Waals surface area contributed by atoms with Gasteiger partial charge in [0.1, 0.15) is 17.1 Å². The van der Waals surface area contributed by atoms with Gasteiger partial charge < -0.3 is 14.6 Å². The fourth-order valence-corrected chi connectivity index (χ4v) is 3.11. The zero-order valence-electron chi connectivity index (χ0n) is 15.6. The van der Waals surface area contributed by atoms with Crippen LogP contribution in [0.25, 0.3) is 0 Å². The maximum atomic E-state index is 11.6. The molecule has 25 heavy (non-hydrogen) atoms. The topological polar surface area (TPSA) is 72.8 Å². The molecule has 0 saturated heterocycles.